The van der Waals surface area contributed by atoms with Crippen molar-refractivity contribution in [2.24, 2.45) is 34.5 Å². The molecule has 0 amide bonds. The van der Waals surface area contributed by atoms with Gasteiger partial charge in [0.25, 0.3) is 0 Å². The van der Waals surface area contributed by atoms with Crippen molar-refractivity contribution in [1.82, 2.24) is 0 Å². The molecule has 0 N–H and O–H groups in total. The van der Waals surface area contributed by atoms with E-state index in [2.05, 4.69) is 19.9 Å². The summed E-state index contributed by atoms with van der Waals surface area (Å²) < 4.78 is 17.7. The number of allylic oxidation sites excluding steroid dienone is 1. The fourth-order valence-electron chi connectivity index (χ4n) is 8.53. The molecule has 0 aromatic carbocycles. The molecule has 0 radical (unpaired) electrons. The average Bonchev–Trinajstić information content (AvgIpc) is 3.35. The van der Waals surface area contributed by atoms with Gasteiger partial charge in [0.1, 0.15) is 11.4 Å². The van der Waals surface area contributed by atoms with E-state index >= 15 is 0 Å². The number of esters is 2. The molecule has 6 rings (SSSR count). The van der Waals surface area contributed by atoms with Gasteiger partial charge in [-0.05, 0) is 42.9 Å². The zero-order valence-electron chi connectivity index (χ0n) is 17.9. The minimum atomic E-state index is -0.465. The maximum absolute atomic E-state index is 13.0. The molecule has 9 atom stereocenters. The third-order valence-corrected chi connectivity index (χ3v) is 10.1. The summed E-state index contributed by atoms with van der Waals surface area (Å²) >= 11 is 0. The first-order chi connectivity index (χ1) is 14.2. The first-order valence-corrected chi connectivity index (χ1v) is 11.4. The Morgan fingerprint density at radius 2 is 1.97 bits per heavy atom. The predicted octanol–water partition coefficient (Wildman–Crippen LogP) is 2.98. The number of carbonyl (C=O) groups is 3. The number of carbonyl (C=O) groups excluding carboxylic acids is 3. The van der Waals surface area contributed by atoms with Crippen molar-refractivity contribution in [2.75, 3.05) is 7.11 Å². The van der Waals surface area contributed by atoms with Crippen molar-refractivity contribution in [1.29, 1.82) is 0 Å². The molecule has 162 valence electrons. The minimum absolute atomic E-state index is 0.0552. The Labute approximate surface area is 176 Å². The number of epoxide rings is 1. The number of hydrogen-bond acceptors (Lipinski definition) is 6. The Morgan fingerprint density at radius 1 is 1.17 bits per heavy atom. The minimum Gasteiger partial charge on any atom is -0.469 e. The highest BCUT2D eigenvalue weighted by Crippen LogP contribution is 2.74. The van der Waals surface area contributed by atoms with Crippen LogP contribution >= 0.6 is 0 Å². The predicted molar refractivity (Wildman–Crippen MR) is 105 cm³/mol. The Hall–Kier alpha value is -1.69. The van der Waals surface area contributed by atoms with Gasteiger partial charge in [0.2, 0.25) is 0 Å². The lowest BCUT2D eigenvalue weighted by atomic mass is 9.45. The van der Waals surface area contributed by atoms with E-state index in [1.807, 2.05) is 0 Å². The molecule has 4 aliphatic carbocycles. The summed E-state index contributed by atoms with van der Waals surface area (Å²) in [4.78, 5) is 37.4. The molecule has 5 fully saturated rings. The first kappa shape index (κ1) is 19.0. The summed E-state index contributed by atoms with van der Waals surface area (Å²) in [5.41, 5.74) is 0.246. The monoisotopic (exact) mass is 414 g/mol. The molecule has 2 aliphatic heterocycles. The van der Waals surface area contributed by atoms with Gasteiger partial charge >= 0.3 is 11.9 Å². The summed E-state index contributed by atoms with van der Waals surface area (Å²) in [6.45, 7) is 4.52. The smallest absolute Gasteiger partial charge is 0.312 e. The molecule has 3 saturated carbocycles. The number of ketones is 1. The lowest BCUT2D eigenvalue weighted by Crippen LogP contribution is -2.61. The lowest BCUT2D eigenvalue weighted by molar-refractivity contribution is -0.170. The second-order valence-electron chi connectivity index (χ2n) is 10.9. The normalized spacial score (nSPS) is 53.2. The number of ether oxygens (including phenoxy) is 3. The van der Waals surface area contributed by atoms with Crippen molar-refractivity contribution in [3.63, 3.8) is 0 Å². The zero-order chi connectivity index (χ0) is 21.1. The largest absolute Gasteiger partial charge is 0.469 e. The molecule has 2 heterocycles. The highest BCUT2D eigenvalue weighted by Gasteiger charge is 2.79. The maximum Gasteiger partial charge on any atom is 0.312 e. The summed E-state index contributed by atoms with van der Waals surface area (Å²) in [6.07, 6.45) is 7.04. The van der Waals surface area contributed by atoms with Crippen LogP contribution in [0.2, 0.25) is 0 Å². The van der Waals surface area contributed by atoms with Crippen molar-refractivity contribution in [3.8, 4) is 0 Å². The summed E-state index contributed by atoms with van der Waals surface area (Å²) in [7, 11) is 1.45. The van der Waals surface area contributed by atoms with Crippen LogP contribution in [0.5, 0.6) is 0 Å². The van der Waals surface area contributed by atoms with Gasteiger partial charge in [-0.15, -0.1) is 0 Å². The Bertz CT molecular complexity index is 892. The quantitative estimate of drug-likeness (QED) is 0.373. The average molecular weight is 414 g/mol. The molecule has 30 heavy (non-hydrogen) atoms. The number of methoxy groups -OCH3 is 1. The van der Waals surface area contributed by atoms with Crippen LogP contribution in [0.15, 0.2) is 11.6 Å². The highest BCUT2D eigenvalue weighted by molar-refractivity contribution is 5.84. The van der Waals surface area contributed by atoms with Crippen LogP contribution in [0.4, 0.5) is 0 Å². The Balaban J connectivity index is 1.49. The van der Waals surface area contributed by atoms with Crippen LogP contribution in [-0.2, 0) is 28.6 Å². The number of hydrogen-bond donors (Lipinski definition) is 0. The summed E-state index contributed by atoms with van der Waals surface area (Å²) in [5, 5.41) is 0. The second kappa shape index (κ2) is 5.76. The Morgan fingerprint density at radius 3 is 2.67 bits per heavy atom. The SMILES string of the molecule is COC(=O)[C@@H]1C=C2CC(=O)CCC2(C)C2C1C1CC[C@@]3(CCC(=O)O3)C1(C)[C@H]1O[C@@H]21. The van der Waals surface area contributed by atoms with E-state index in [-0.39, 0.29) is 64.4 Å². The topological polar surface area (TPSA) is 82.2 Å². The van der Waals surface area contributed by atoms with Crippen LogP contribution in [0.3, 0.4) is 0 Å². The van der Waals surface area contributed by atoms with Crippen LogP contribution in [-0.4, -0.2) is 42.6 Å². The molecule has 6 heteroatoms. The fraction of sp³-hybridized carbons (Fsp3) is 0.792. The molecule has 2 saturated heterocycles. The van der Waals surface area contributed by atoms with E-state index in [0.717, 1.165) is 31.3 Å². The molecule has 6 aliphatic rings. The van der Waals surface area contributed by atoms with E-state index in [1.165, 1.54) is 7.11 Å². The van der Waals surface area contributed by atoms with Gasteiger partial charge in [-0.3, -0.25) is 14.4 Å². The molecular weight excluding hydrogens is 384 g/mol. The van der Waals surface area contributed by atoms with Crippen molar-refractivity contribution < 1.29 is 28.6 Å². The van der Waals surface area contributed by atoms with Crippen LogP contribution in [0.1, 0.15) is 58.8 Å². The van der Waals surface area contributed by atoms with Crippen LogP contribution in [0.25, 0.3) is 0 Å². The molecule has 0 aromatic heterocycles. The van der Waals surface area contributed by atoms with Gasteiger partial charge in [-0.25, -0.2) is 0 Å². The molecule has 0 aromatic rings. The van der Waals surface area contributed by atoms with E-state index in [9.17, 15) is 14.4 Å². The van der Waals surface area contributed by atoms with Crippen LogP contribution in [0, 0.1) is 34.5 Å². The standard InChI is InChI=1S/C24H30O6/c1-22-7-4-13(25)10-12(22)11-14(21(27)28-3)17-15-5-8-24(9-6-16(26)30-24)23(15,2)20-19(29-20)18(17)22/h11,14-15,17-20H,4-10H2,1-3H3/t14-,15?,17?,18?,19+,20+,22?,23?,24-/m1/s1. The van der Waals surface area contributed by atoms with Gasteiger partial charge in [-0.1, -0.05) is 25.5 Å². The third-order valence-electron chi connectivity index (χ3n) is 10.1. The van der Waals surface area contributed by atoms with Crippen molar-refractivity contribution >= 4 is 17.7 Å². The molecule has 0 bridgehead atoms. The van der Waals surface area contributed by atoms with Gasteiger partial charge in [0.15, 0.2) is 0 Å². The maximum atomic E-state index is 13.0. The van der Waals surface area contributed by atoms with Crippen molar-refractivity contribution in [2.45, 2.75) is 76.6 Å². The molecular formula is C24H30O6. The summed E-state index contributed by atoms with van der Waals surface area (Å²) in [6, 6.07) is 0. The lowest BCUT2D eigenvalue weighted by Gasteiger charge is -2.57. The van der Waals surface area contributed by atoms with E-state index < -0.39 is 5.60 Å². The first-order valence-electron chi connectivity index (χ1n) is 11.4. The van der Waals surface area contributed by atoms with E-state index in [4.69, 9.17) is 14.2 Å². The highest BCUT2D eigenvalue weighted by atomic mass is 16.6. The van der Waals surface area contributed by atoms with Gasteiger partial charge in [0.05, 0.1) is 25.2 Å². The second-order valence-corrected chi connectivity index (χ2v) is 10.9. The number of Topliss-reactive ketones (excluding diaryl/α,β-unsaturated/α-hetero) is 1. The molecule has 1 spiro atoms. The summed E-state index contributed by atoms with van der Waals surface area (Å²) in [5.74, 6) is 0.0844. The van der Waals surface area contributed by atoms with E-state index in [0.29, 0.717) is 19.3 Å². The third kappa shape index (κ3) is 2.07. The fourth-order valence-corrected chi connectivity index (χ4v) is 8.53. The van der Waals surface area contributed by atoms with Gasteiger partial charge < -0.3 is 14.2 Å². The van der Waals surface area contributed by atoms with Crippen LogP contribution < -0.4 is 0 Å². The van der Waals surface area contributed by atoms with Gasteiger partial charge in [0, 0.05) is 30.6 Å². The molecule has 6 nitrogen and oxygen atoms in total. The Kier molecular flexibility index (Phi) is 3.65. The number of fused-ring (bicyclic) bond motifs is 9. The van der Waals surface area contributed by atoms with Gasteiger partial charge in [-0.2, -0.15) is 0 Å². The van der Waals surface area contributed by atoms with Crippen molar-refractivity contribution in [3.05, 3.63) is 11.6 Å². The molecule has 5 unspecified atom stereocenters. The zero-order valence-corrected chi connectivity index (χ0v) is 17.9. The van der Waals surface area contributed by atoms with E-state index in [1.54, 1.807) is 0 Å². The number of rotatable bonds is 1.